The smallest absolute Gasteiger partial charge is 0.0297 e. The van der Waals surface area contributed by atoms with Crippen LogP contribution in [0.2, 0.25) is 0 Å². The molecule has 1 rings (SSSR count). The first-order valence-corrected chi connectivity index (χ1v) is 5.76. The van der Waals surface area contributed by atoms with E-state index in [0.717, 1.165) is 11.8 Å². The molecule has 0 spiro atoms. The van der Waals surface area contributed by atoms with Crippen LogP contribution >= 0.6 is 0 Å². The topological polar surface area (TPSA) is 0 Å². The third-order valence-corrected chi connectivity index (χ3v) is 4.00. The van der Waals surface area contributed by atoms with Crippen molar-refractivity contribution in [3.63, 3.8) is 0 Å². The van der Waals surface area contributed by atoms with Crippen LogP contribution in [0, 0.1) is 17.3 Å². The molecule has 1 aliphatic rings. The minimum atomic E-state index is 0.533. The summed E-state index contributed by atoms with van der Waals surface area (Å²) in [7, 11) is 0. The highest BCUT2D eigenvalue weighted by Crippen LogP contribution is 2.42. The number of hydrogen-bond donors (Lipinski definition) is 0. The molecule has 2 unspecified atom stereocenters. The standard InChI is InChI=1S/C13H24/c1-5-11-9-7-8-10-12(11)13(3,4)6-2/h7-8,11-12H,5-6,9-10H2,1-4H3. The molecule has 13 heavy (non-hydrogen) atoms. The Hall–Kier alpha value is -0.260. The van der Waals surface area contributed by atoms with Crippen LogP contribution in [0.5, 0.6) is 0 Å². The molecule has 0 heterocycles. The van der Waals surface area contributed by atoms with Crippen molar-refractivity contribution >= 4 is 0 Å². The summed E-state index contributed by atoms with van der Waals surface area (Å²) >= 11 is 0. The van der Waals surface area contributed by atoms with Gasteiger partial charge in [-0.15, -0.1) is 0 Å². The second-order valence-corrected chi connectivity index (χ2v) is 5.06. The molecule has 0 aromatic carbocycles. The van der Waals surface area contributed by atoms with Crippen molar-refractivity contribution in [2.75, 3.05) is 0 Å². The molecule has 0 radical (unpaired) electrons. The van der Waals surface area contributed by atoms with Gasteiger partial charge >= 0.3 is 0 Å². The molecule has 0 fully saturated rings. The van der Waals surface area contributed by atoms with Crippen LogP contribution in [0.15, 0.2) is 12.2 Å². The first-order valence-electron chi connectivity index (χ1n) is 5.76. The van der Waals surface area contributed by atoms with Crippen LogP contribution in [0.3, 0.4) is 0 Å². The van der Waals surface area contributed by atoms with E-state index >= 15 is 0 Å². The summed E-state index contributed by atoms with van der Waals surface area (Å²) in [6.45, 7) is 9.52. The van der Waals surface area contributed by atoms with Crippen molar-refractivity contribution in [2.45, 2.75) is 53.4 Å². The van der Waals surface area contributed by atoms with Crippen LogP contribution in [-0.4, -0.2) is 0 Å². The summed E-state index contributed by atoms with van der Waals surface area (Å²) < 4.78 is 0. The van der Waals surface area contributed by atoms with Gasteiger partial charge in [0.25, 0.3) is 0 Å². The van der Waals surface area contributed by atoms with Gasteiger partial charge in [-0.2, -0.15) is 0 Å². The van der Waals surface area contributed by atoms with Gasteiger partial charge in [0.05, 0.1) is 0 Å². The lowest BCUT2D eigenvalue weighted by Gasteiger charge is -2.40. The lowest BCUT2D eigenvalue weighted by molar-refractivity contribution is 0.125. The Morgan fingerprint density at radius 2 is 1.77 bits per heavy atom. The normalized spacial score (nSPS) is 29.2. The number of allylic oxidation sites excluding steroid dienone is 2. The Morgan fingerprint density at radius 3 is 2.31 bits per heavy atom. The summed E-state index contributed by atoms with van der Waals surface area (Å²) in [6.07, 6.45) is 10.0. The molecule has 0 heteroatoms. The average Bonchev–Trinajstić information content (AvgIpc) is 2.18. The fraction of sp³-hybridized carbons (Fsp3) is 0.846. The quantitative estimate of drug-likeness (QED) is 0.564. The highest BCUT2D eigenvalue weighted by molar-refractivity contribution is 4.98. The van der Waals surface area contributed by atoms with Gasteiger partial charge in [-0.05, 0) is 30.1 Å². The summed E-state index contributed by atoms with van der Waals surface area (Å²) in [5.41, 5.74) is 0.533. The van der Waals surface area contributed by atoms with Crippen LogP contribution in [0.4, 0.5) is 0 Å². The first kappa shape index (κ1) is 10.8. The number of hydrogen-bond acceptors (Lipinski definition) is 0. The van der Waals surface area contributed by atoms with Gasteiger partial charge < -0.3 is 0 Å². The molecule has 0 saturated heterocycles. The Kier molecular flexibility index (Phi) is 3.58. The summed E-state index contributed by atoms with van der Waals surface area (Å²) in [6, 6.07) is 0. The Balaban J connectivity index is 2.71. The largest absolute Gasteiger partial charge is 0.0882 e. The molecular weight excluding hydrogens is 156 g/mol. The molecule has 0 bridgehead atoms. The fourth-order valence-corrected chi connectivity index (χ4v) is 2.54. The molecule has 0 aromatic heterocycles. The van der Waals surface area contributed by atoms with Crippen LogP contribution in [0.1, 0.15) is 53.4 Å². The fourth-order valence-electron chi connectivity index (χ4n) is 2.54. The van der Waals surface area contributed by atoms with Gasteiger partial charge in [0.1, 0.15) is 0 Å². The maximum atomic E-state index is 2.43. The van der Waals surface area contributed by atoms with Gasteiger partial charge in [-0.1, -0.05) is 52.7 Å². The molecule has 0 amide bonds. The molecule has 0 aromatic rings. The van der Waals surface area contributed by atoms with E-state index in [1.165, 1.54) is 25.7 Å². The van der Waals surface area contributed by atoms with E-state index in [9.17, 15) is 0 Å². The maximum Gasteiger partial charge on any atom is -0.0297 e. The van der Waals surface area contributed by atoms with Crippen molar-refractivity contribution < 1.29 is 0 Å². The van der Waals surface area contributed by atoms with E-state index in [2.05, 4.69) is 39.8 Å². The zero-order chi connectivity index (χ0) is 9.90. The second-order valence-electron chi connectivity index (χ2n) is 5.06. The molecular formula is C13H24. The van der Waals surface area contributed by atoms with E-state index in [0.29, 0.717) is 5.41 Å². The zero-order valence-electron chi connectivity index (χ0n) is 9.64. The summed E-state index contributed by atoms with van der Waals surface area (Å²) in [4.78, 5) is 0. The van der Waals surface area contributed by atoms with E-state index in [-0.39, 0.29) is 0 Å². The molecule has 0 saturated carbocycles. The van der Waals surface area contributed by atoms with Gasteiger partial charge in [0.2, 0.25) is 0 Å². The average molecular weight is 180 g/mol. The molecule has 1 aliphatic carbocycles. The molecule has 0 N–H and O–H groups in total. The summed E-state index contributed by atoms with van der Waals surface area (Å²) in [5, 5.41) is 0. The van der Waals surface area contributed by atoms with Gasteiger partial charge in [-0.3, -0.25) is 0 Å². The minimum absolute atomic E-state index is 0.533. The molecule has 0 nitrogen and oxygen atoms in total. The van der Waals surface area contributed by atoms with E-state index < -0.39 is 0 Å². The van der Waals surface area contributed by atoms with E-state index in [1.54, 1.807) is 0 Å². The lowest BCUT2D eigenvalue weighted by atomic mass is 9.65. The monoisotopic (exact) mass is 180 g/mol. The Bertz CT molecular complexity index is 176. The van der Waals surface area contributed by atoms with Crippen molar-refractivity contribution in [1.29, 1.82) is 0 Å². The second kappa shape index (κ2) is 4.30. The zero-order valence-corrected chi connectivity index (χ0v) is 9.64. The molecule has 76 valence electrons. The van der Waals surface area contributed by atoms with Crippen molar-refractivity contribution in [2.24, 2.45) is 17.3 Å². The highest BCUT2D eigenvalue weighted by atomic mass is 14.4. The van der Waals surface area contributed by atoms with Crippen molar-refractivity contribution in [1.82, 2.24) is 0 Å². The Labute approximate surface area is 83.4 Å². The van der Waals surface area contributed by atoms with Crippen molar-refractivity contribution in [3.05, 3.63) is 12.2 Å². The maximum absolute atomic E-state index is 2.43. The SMILES string of the molecule is CCC1CC=CCC1C(C)(C)CC. The predicted octanol–water partition coefficient (Wildman–Crippen LogP) is 4.42. The predicted molar refractivity (Wildman–Crippen MR) is 59.7 cm³/mol. The number of rotatable bonds is 3. The Morgan fingerprint density at radius 1 is 1.15 bits per heavy atom. The van der Waals surface area contributed by atoms with E-state index in [1.807, 2.05) is 0 Å². The molecule has 0 aliphatic heterocycles. The van der Waals surface area contributed by atoms with Gasteiger partial charge in [0.15, 0.2) is 0 Å². The van der Waals surface area contributed by atoms with Crippen LogP contribution in [-0.2, 0) is 0 Å². The first-order chi connectivity index (χ1) is 6.11. The van der Waals surface area contributed by atoms with E-state index in [4.69, 9.17) is 0 Å². The third-order valence-electron chi connectivity index (χ3n) is 4.00. The van der Waals surface area contributed by atoms with Gasteiger partial charge in [-0.25, -0.2) is 0 Å². The van der Waals surface area contributed by atoms with Crippen LogP contribution < -0.4 is 0 Å². The molecule has 2 atom stereocenters. The summed E-state index contributed by atoms with van der Waals surface area (Å²) in [5.74, 6) is 1.84. The third kappa shape index (κ3) is 2.36. The highest BCUT2D eigenvalue weighted by Gasteiger charge is 2.33. The van der Waals surface area contributed by atoms with Crippen LogP contribution in [0.25, 0.3) is 0 Å². The van der Waals surface area contributed by atoms with Gasteiger partial charge in [0, 0.05) is 0 Å². The van der Waals surface area contributed by atoms with Crippen molar-refractivity contribution in [3.8, 4) is 0 Å². The minimum Gasteiger partial charge on any atom is -0.0882 e. The lowest BCUT2D eigenvalue weighted by Crippen LogP contribution is -2.31.